The van der Waals surface area contributed by atoms with Gasteiger partial charge in [0.25, 0.3) is 15.9 Å². The fourth-order valence-corrected chi connectivity index (χ4v) is 4.31. The maximum Gasteiger partial charge on any atom is 0.261 e. The van der Waals surface area contributed by atoms with Crippen LogP contribution in [0.2, 0.25) is 0 Å². The van der Waals surface area contributed by atoms with E-state index in [0.29, 0.717) is 30.8 Å². The van der Waals surface area contributed by atoms with E-state index >= 15 is 0 Å². The van der Waals surface area contributed by atoms with Crippen molar-refractivity contribution in [3.8, 4) is 0 Å². The normalized spacial score (nSPS) is 16.3. The van der Waals surface area contributed by atoms with Crippen LogP contribution in [-0.2, 0) is 14.8 Å². The number of rotatable bonds is 7. The lowest BCUT2D eigenvalue weighted by Crippen LogP contribution is -2.46. The van der Waals surface area contributed by atoms with Crippen molar-refractivity contribution in [3.63, 3.8) is 0 Å². The summed E-state index contributed by atoms with van der Waals surface area (Å²) in [6.45, 7) is 4.43. The highest BCUT2D eigenvalue weighted by atomic mass is 32.2. The summed E-state index contributed by atoms with van der Waals surface area (Å²) in [5.74, 6) is -0.443. The Morgan fingerprint density at radius 3 is 2.45 bits per heavy atom. The van der Waals surface area contributed by atoms with E-state index in [9.17, 15) is 18.0 Å². The molecular formula is C21H23N3O4S. The Morgan fingerprint density at radius 1 is 1.10 bits per heavy atom. The molecule has 3 rings (SSSR count). The molecule has 0 aromatic heterocycles. The fraction of sp³-hybridized carbons (Fsp3) is 0.238. The van der Waals surface area contributed by atoms with Crippen molar-refractivity contribution in [3.05, 3.63) is 72.8 Å². The third kappa shape index (κ3) is 4.83. The van der Waals surface area contributed by atoms with Crippen LogP contribution in [0, 0.1) is 0 Å². The van der Waals surface area contributed by atoms with Crippen LogP contribution in [0.5, 0.6) is 0 Å². The molecular weight excluding hydrogens is 390 g/mol. The van der Waals surface area contributed by atoms with Crippen LogP contribution in [0.15, 0.2) is 72.1 Å². The second-order valence-corrected chi connectivity index (χ2v) is 8.37. The van der Waals surface area contributed by atoms with E-state index in [0.717, 1.165) is 6.42 Å². The standard InChI is InChI=1S/C21H23N3O4S/c1-2-14-22-20(25)19-9-6-15-24(19)21(26)16-10-12-17(13-11-16)23-29(27,28)18-7-4-3-5-8-18/h2-5,7-8,10-13,19,23H,1,6,9,14-15H2,(H,22,25)/t19-/m0/s1. The Kier molecular flexibility index (Phi) is 6.33. The summed E-state index contributed by atoms with van der Waals surface area (Å²) in [5.41, 5.74) is 0.753. The lowest BCUT2D eigenvalue weighted by atomic mass is 10.1. The Hall–Kier alpha value is -3.13. The third-order valence-electron chi connectivity index (χ3n) is 4.67. The van der Waals surface area contributed by atoms with E-state index in [2.05, 4.69) is 16.6 Å². The van der Waals surface area contributed by atoms with Gasteiger partial charge in [-0.2, -0.15) is 0 Å². The smallest absolute Gasteiger partial charge is 0.261 e. The summed E-state index contributed by atoms with van der Waals surface area (Å²) in [5, 5.41) is 2.73. The maximum atomic E-state index is 12.8. The second-order valence-electron chi connectivity index (χ2n) is 6.69. The van der Waals surface area contributed by atoms with Crippen LogP contribution < -0.4 is 10.0 Å². The summed E-state index contributed by atoms with van der Waals surface area (Å²) >= 11 is 0. The Bertz CT molecular complexity index is 988. The molecule has 2 amide bonds. The molecule has 0 radical (unpaired) electrons. The van der Waals surface area contributed by atoms with E-state index in [-0.39, 0.29) is 16.7 Å². The van der Waals surface area contributed by atoms with Gasteiger partial charge >= 0.3 is 0 Å². The first-order valence-electron chi connectivity index (χ1n) is 9.30. The highest BCUT2D eigenvalue weighted by Gasteiger charge is 2.34. The van der Waals surface area contributed by atoms with Gasteiger partial charge in [0.05, 0.1) is 4.90 Å². The topological polar surface area (TPSA) is 95.6 Å². The Balaban J connectivity index is 1.70. The largest absolute Gasteiger partial charge is 0.351 e. The van der Waals surface area contributed by atoms with Gasteiger partial charge in [-0.15, -0.1) is 6.58 Å². The molecule has 7 nitrogen and oxygen atoms in total. The lowest BCUT2D eigenvalue weighted by Gasteiger charge is -2.24. The van der Waals surface area contributed by atoms with Crippen LogP contribution >= 0.6 is 0 Å². The molecule has 0 unspecified atom stereocenters. The summed E-state index contributed by atoms with van der Waals surface area (Å²) < 4.78 is 27.3. The number of likely N-dealkylation sites (tertiary alicyclic amines) is 1. The van der Waals surface area contributed by atoms with E-state index < -0.39 is 16.1 Å². The molecule has 1 saturated heterocycles. The minimum Gasteiger partial charge on any atom is -0.351 e. The first kappa shape index (κ1) is 20.6. The van der Waals surface area contributed by atoms with Crippen LogP contribution in [0.4, 0.5) is 5.69 Å². The third-order valence-corrected chi connectivity index (χ3v) is 6.07. The zero-order valence-electron chi connectivity index (χ0n) is 15.9. The molecule has 0 bridgehead atoms. The monoisotopic (exact) mass is 413 g/mol. The van der Waals surface area contributed by atoms with E-state index in [1.54, 1.807) is 41.3 Å². The van der Waals surface area contributed by atoms with E-state index in [4.69, 9.17) is 0 Å². The van der Waals surface area contributed by atoms with Gasteiger partial charge in [0.2, 0.25) is 5.91 Å². The van der Waals surface area contributed by atoms with Crippen LogP contribution in [-0.4, -0.2) is 44.3 Å². The molecule has 2 aromatic rings. The maximum absolute atomic E-state index is 12.8. The van der Waals surface area contributed by atoms with Gasteiger partial charge in [0, 0.05) is 24.3 Å². The number of nitrogens with zero attached hydrogens (tertiary/aromatic N) is 1. The number of nitrogens with one attached hydrogen (secondary N) is 2. The molecule has 1 aliphatic heterocycles. The summed E-state index contributed by atoms with van der Waals surface area (Å²) in [4.78, 5) is 26.8. The SMILES string of the molecule is C=CCNC(=O)[C@@H]1CCCN1C(=O)c1ccc(NS(=O)(=O)c2ccccc2)cc1. The number of hydrogen-bond donors (Lipinski definition) is 2. The fourth-order valence-electron chi connectivity index (χ4n) is 3.23. The van der Waals surface area contributed by atoms with Gasteiger partial charge in [-0.25, -0.2) is 8.42 Å². The van der Waals surface area contributed by atoms with Gasteiger partial charge in [-0.1, -0.05) is 24.3 Å². The first-order valence-corrected chi connectivity index (χ1v) is 10.8. The molecule has 1 atom stereocenters. The van der Waals surface area contributed by atoms with Crippen molar-refractivity contribution in [2.24, 2.45) is 0 Å². The highest BCUT2D eigenvalue weighted by Crippen LogP contribution is 2.22. The summed E-state index contributed by atoms with van der Waals surface area (Å²) in [6, 6.07) is 13.7. The van der Waals surface area contributed by atoms with E-state index in [1.807, 2.05) is 0 Å². The van der Waals surface area contributed by atoms with Crippen molar-refractivity contribution in [2.75, 3.05) is 17.8 Å². The lowest BCUT2D eigenvalue weighted by molar-refractivity contribution is -0.124. The number of sulfonamides is 1. The minimum absolute atomic E-state index is 0.158. The molecule has 2 N–H and O–H groups in total. The quantitative estimate of drug-likeness (QED) is 0.682. The predicted molar refractivity (Wildman–Crippen MR) is 111 cm³/mol. The molecule has 0 saturated carbocycles. The van der Waals surface area contributed by atoms with Crippen molar-refractivity contribution < 1.29 is 18.0 Å². The zero-order chi connectivity index (χ0) is 20.9. The van der Waals surface area contributed by atoms with Crippen molar-refractivity contribution in [2.45, 2.75) is 23.8 Å². The van der Waals surface area contributed by atoms with Crippen molar-refractivity contribution >= 4 is 27.5 Å². The number of carbonyl (C=O) groups excluding carboxylic acids is 2. The summed E-state index contributed by atoms with van der Waals surface area (Å²) in [7, 11) is -3.70. The van der Waals surface area contributed by atoms with Gasteiger partial charge in [-0.05, 0) is 49.2 Å². The van der Waals surface area contributed by atoms with Crippen LogP contribution in [0.3, 0.4) is 0 Å². The van der Waals surface area contributed by atoms with Gasteiger partial charge in [-0.3, -0.25) is 14.3 Å². The predicted octanol–water partition coefficient (Wildman–Crippen LogP) is 2.39. The molecule has 0 aliphatic carbocycles. The number of benzene rings is 2. The zero-order valence-corrected chi connectivity index (χ0v) is 16.7. The molecule has 29 heavy (non-hydrogen) atoms. The first-order chi connectivity index (χ1) is 13.9. The molecule has 1 heterocycles. The average Bonchev–Trinajstić information content (AvgIpc) is 3.22. The van der Waals surface area contributed by atoms with Crippen LogP contribution in [0.1, 0.15) is 23.2 Å². The molecule has 152 valence electrons. The number of hydrogen-bond acceptors (Lipinski definition) is 4. The Morgan fingerprint density at radius 2 is 1.79 bits per heavy atom. The molecule has 8 heteroatoms. The highest BCUT2D eigenvalue weighted by molar-refractivity contribution is 7.92. The molecule has 1 aliphatic rings. The van der Waals surface area contributed by atoms with Gasteiger partial charge in [0.15, 0.2) is 0 Å². The summed E-state index contributed by atoms with van der Waals surface area (Å²) in [6.07, 6.45) is 2.96. The van der Waals surface area contributed by atoms with Crippen molar-refractivity contribution in [1.82, 2.24) is 10.2 Å². The van der Waals surface area contributed by atoms with E-state index in [1.165, 1.54) is 24.3 Å². The van der Waals surface area contributed by atoms with Crippen molar-refractivity contribution in [1.29, 1.82) is 0 Å². The van der Waals surface area contributed by atoms with Gasteiger partial charge in [0.1, 0.15) is 6.04 Å². The van der Waals surface area contributed by atoms with Crippen LogP contribution in [0.25, 0.3) is 0 Å². The van der Waals surface area contributed by atoms with Gasteiger partial charge < -0.3 is 10.2 Å². The molecule has 1 fully saturated rings. The Labute approximate surface area is 170 Å². The minimum atomic E-state index is -3.70. The number of amides is 2. The second kappa shape index (κ2) is 8.91. The average molecular weight is 413 g/mol. The number of anilines is 1. The molecule has 2 aromatic carbocycles. The number of carbonyl (C=O) groups is 2. The molecule has 0 spiro atoms.